The molecular weight excluding hydrogens is 286 g/mol. The summed E-state index contributed by atoms with van der Waals surface area (Å²) in [5.74, 6) is 5.05. The molecular formula is C14H15N5O3. The zero-order valence-electron chi connectivity index (χ0n) is 11.9. The first-order valence-corrected chi connectivity index (χ1v) is 6.85. The van der Waals surface area contributed by atoms with Gasteiger partial charge in [-0.2, -0.15) is 0 Å². The summed E-state index contributed by atoms with van der Waals surface area (Å²) in [4.78, 5) is 40.5. The Labute approximate surface area is 125 Å². The van der Waals surface area contributed by atoms with Gasteiger partial charge in [0.15, 0.2) is 0 Å². The zero-order valence-corrected chi connectivity index (χ0v) is 11.9. The molecule has 2 aromatic rings. The average Bonchev–Trinajstić information content (AvgIpc) is 2.48. The van der Waals surface area contributed by atoms with Crippen LogP contribution in [0.4, 0.5) is 5.69 Å². The predicted molar refractivity (Wildman–Crippen MR) is 80.0 cm³/mol. The van der Waals surface area contributed by atoms with E-state index < -0.39 is 11.9 Å². The highest BCUT2D eigenvalue weighted by Gasteiger charge is 2.30. The number of fused-ring (bicyclic) bond motifs is 1. The summed E-state index contributed by atoms with van der Waals surface area (Å²) in [5.41, 5.74) is 3.06. The van der Waals surface area contributed by atoms with Gasteiger partial charge in [0, 0.05) is 6.42 Å². The van der Waals surface area contributed by atoms with Crippen LogP contribution >= 0.6 is 0 Å². The van der Waals surface area contributed by atoms with E-state index in [1.54, 1.807) is 25.1 Å². The smallest absolute Gasteiger partial charge is 0.264 e. The van der Waals surface area contributed by atoms with Crippen molar-refractivity contribution in [1.29, 1.82) is 0 Å². The Morgan fingerprint density at radius 2 is 2.14 bits per heavy atom. The molecule has 1 aliphatic heterocycles. The van der Waals surface area contributed by atoms with Crippen LogP contribution in [0.5, 0.6) is 0 Å². The van der Waals surface area contributed by atoms with Crippen molar-refractivity contribution in [3.8, 4) is 0 Å². The van der Waals surface area contributed by atoms with E-state index in [2.05, 4.69) is 15.7 Å². The van der Waals surface area contributed by atoms with Crippen molar-refractivity contribution in [3.05, 3.63) is 34.4 Å². The first kappa shape index (κ1) is 14.2. The first-order chi connectivity index (χ1) is 10.5. The second kappa shape index (κ2) is 5.23. The van der Waals surface area contributed by atoms with Crippen LogP contribution in [0.1, 0.15) is 24.7 Å². The van der Waals surface area contributed by atoms with Gasteiger partial charge < -0.3 is 5.43 Å². The minimum Gasteiger partial charge on any atom is -0.323 e. The number of rotatable bonds is 2. The fraction of sp³-hybridized carbons (Fsp3) is 0.286. The van der Waals surface area contributed by atoms with Gasteiger partial charge in [-0.3, -0.25) is 30.1 Å². The Bertz CT molecular complexity index is 842. The Kier molecular flexibility index (Phi) is 3.38. The SMILES string of the molecule is Cc1nc2cccc(NN)c2c(=O)n1C1CCC(=O)NC1=O. The second-order valence-electron chi connectivity index (χ2n) is 5.15. The molecule has 4 N–H and O–H groups in total. The van der Waals surface area contributed by atoms with Crippen LogP contribution < -0.4 is 22.1 Å². The van der Waals surface area contributed by atoms with E-state index in [0.29, 0.717) is 22.4 Å². The maximum absolute atomic E-state index is 12.8. The molecule has 0 bridgehead atoms. The van der Waals surface area contributed by atoms with E-state index in [0.717, 1.165) is 0 Å². The van der Waals surface area contributed by atoms with Gasteiger partial charge in [0.25, 0.3) is 5.56 Å². The number of hydrazine groups is 1. The minimum atomic E-state index is -0.743. The minimum absolute atomic E-state index is 0.192. The van der Waals surface area contributed by atoms with Crippen LogP contribution in [0.2, 0.25) is 0 Å². The fourth-order valence-electron chi connectivity index (χ4n) is 2.77. The largest absolute Gasteiger partial charge is 0.323 e. The number of nitrogen functional groups attached to an aromatic ring is 1. The summed E-state index contributed by atoms with van der Waals surface area (Å²) >= 11 is 0. The summed E-state index contributed by atoms with van der Waals surface area (Å²) in [6, 6.07) is 4.36. The molecule has 1 fully saturated rings. The number of nitrogens with one attached hydrogen (secondary N) is 2. The highest BCUT2D eigenvalue weighted by molar-refractivity contribution is 5.99. The van der Waals surface area contributed by atoms with Crippen molar-refractivity contribution < 1.29 is 9.59 Å². The average molecular weight is 301 g/mol. The monoisotopic (exact) mass is 301 g/mol. The number of benzene rings is 1. The summed E-state index contributed by atoms with van der Waals surface area (Å²) in [6.07, 6.45) is 0.466. The molecule has 114 valence electrons. The summed E-state index contributed by atoms with van der Waals surface area (Å²) in [6.45, 7) is 1.66. The Morgan fingerprint density at radius 1 is 1.36 bits per heavy atom. The van der Waals surface area contributed by atoms with E-state index in [9.17, 15) is 14.4 Å². The van der Waals surface area contributed by atoms with Crippen molar-refractivity contribution in [2.45, 2.75) is 25.8 Å². The molecule has 8 nitrogen and oxygen atoms in total. The summed E-state index contributed by atoms with van der Waals surface area (Å²) in [7, 11) is 0. The number of hydrogen-bond acceptors (Lipinski definition) is 6. The van der Waals surface area contributed by atoms with Gasteiger partial charge in [0.05, 0.1) is 16.6 Å². The number of amides is 2. The number of aryl methyl sites for hydroxylation is 1. The first-order valence-electron chi connectivity index (χ1n) is 6.85. The fourth-order valence-corrected chi connectivity index (χ4v) is 2.77. The molecule has 3 rings (SSSR count). The van der Waals surface area contributed by atoms with Crippen LogP contribution in [0.15, 0.2) is 23.0 Å². The topological polar surface area (TPSA) is 119 Å². The van der Waals surface area contributed by atoms with Gasteiger partial charge in [-0.1, -0.05) is 6.07 Å². The van der Waals surface area contributed by atoms with Crippen LogP contribution in [-0.2, 0) is 9.59 Å². The molecule has 0 saturated carbocycles. The normalized spacial score (nSPS) is 18.4. The van der Waals surface area contributed by atoms with Crippen LogP contribution in [0, 0.1) is 6.92 Å². The number of aromatic nitrogens is 2. The quantitative estimate of drug-likeness (QED) is 0.407. The van der Waals surface area contributed by atoms with Crippen molar-refractivity contribution in [2.75, 3.05) is 5.43 Å². The second-order valence-corrected chi connectivity index (χ2v) is 5.15. The third kappa shape index (κ3) is 2.13. The lowest BCUT2D eigenvalue weighted by Gasteiger charge is -2.24. The molecule has 1 aromatic carbocycles. The third-order valence-electron chi connectivity index (χ3n) is 3.78. The lowest BCUT2D eigenvalue weighted by Crippen LogP contribution is -2.45. The number of carbonyl (C=O) groups is 2. The van der Waals surface area contributed by atoms with Gasteiger partial charge in [0.2, 0.25) is 11.8 Å². The highest BCUT2D eigenvalue weighted by atomic mass is 16.2. The van der Waals surface area contributed by atoms with E-state index in [-0.39, 0.29) is 24.3 Å². The maximum Gasteiger partial charge on any atom is 0.264 e. The third-order valence-corrected chi connectivity index (χ3v) is 3.78. The van der Waals surface area contributed by atoms with Crippen LogP contribution in [0.25, 0.3) is 10.9 Å². The summed E-state index contributed by atoms with van der Waals surface area (Å²) in [5, 5.41) is 2.57. The maximum atomic E-state index is 12.8. The van der Waals surface area contributed by atoms with Gasteiger partial charge >= 0.3 is 0 Å². The number of anilines is 1. The molecule has 0 radical (unpaired) electrons. The summed E-state index contributed by atoms with van der Waals surface area (Å²) < 4.78 is 1.32. The molecule has 8 heteroatoms. The van der Waals surface area contributed by atoms with E-state index in [1.165, 1.54) is 4.57 Å². The molecule has 1 aliphatic rings. The predicted octanol–water partition coefficient (Wildman–Crippen LogP) is -0.0318. The van der Waals surface area contributed by atoms with E-state index >= 15 is 0 Å². The molecule has 2 amide bonds. The molecule has 0 aliphatic carbocycles. The van der Waals surface area contributed by atoms with Gasteiger partial charge in [-0.15, -0.1) is 0 Å². The Balaban J connectivity index is 2.24. The molecule has 2 heterocycles. The van der Waals surface area contributed by atoms with Gasteiger partial charge in [0.1, 0.15) is 11.9 Å². The molecule has 22 heavy (non-hydrogen) atoms. The molecule has 1 atom stereocenters. The van der Waals surface area contributed by atoms with E-state index in [1.807, 2.05) is 0 Å². The number of piperidine rings is 1. The molecule has 1 unspecified atom stereocenters. The highest BCUT2D eigenvalue weighted by Crippen LogP contribution is 2.22. The number of nitrogens with zero attached hydrogens (tertiary/aromatic N) is 2. The van der Waals surface area contributed by atoms with Crippen molar-refractivity contribution in [2.24, 2.45) is 5.84 Å². The zero-order chi connectivity index (χ0) is 15.9. The molecule has 1 aromatic heterocycles. The molecule has 0 spiro atoms. The van der Waals surface area contributed by atoms with Crippen molar-refractivity contribution in [3.63, 3.8) is 0 Å². The number of hydrogen-bond donors (Lipinski definition) is 3. The van der Waals surface area contributed by atoms with Crippen LogP contribution in [-0.4, -0.2) is 21.4 Å². The molecule has 1 saturated heterocycles. The Morgan fingerprint density at radius 3 is 2.82 bits per heavy atom. The van der Waals surface area contributed by atoms with E-state index in [4.69, 9.17) is 5.84 Å². The van der Waals surface area contributed by atoms with Crippen LogP contribution in [0.3, 0.4) is 0 Å². The number of nitrogens with two attached hydrogens (primary N) is 1. The van der Waals surface area contributed by atoms with Gasteiger partial charge in [-0.05, 0) is 25.5 Å². The lowest BCUT2D eigenvalue weighted by atomic mass is 10.1. The number of carbonyl (C=O) groups excluding carboxylic acids is 2. The number of imide groups is 1. The standard InChI is InChI=1S/C14H15N5O3/c1-7-16-8-3-2-4-9(18-15)12(8)14(22)19(7)10-5-6-11(20)17-13(10)21/h2-4,10,18H,5-6,15H2,1H3,(H,17,20,21). The van der Waals surface area contributed by atoms with Crippen molar-refractivity contribution >= 4 is 28.4 Å². The van der Waals surface area contributed by atoms with Crippen molar-refractivity contribution in [1.82, 2.24) is 14.9 Å². The Hall–Kier alpha value is -2.74. The van der Waals surface area contributed by atoms with Gasteiger partial charge in [-0.25, -0.2) is 4.98 Å². The lowest BCUT2D eigenvalue weighted by molar-refractivity contribution is -0.135.